The molecule has 1 N–H and O–H groups in total. The fraction of sp³-hybridized carbons (Fsp3) is 0.900. The van der Waals surface area contributed by atoms with Crippen LogP contribution in [-0.2, 0) is 9.53 Å². The van der Waals surface area contributed by atoms with Gasteiger partial charge >= 0.3 is 5.97 Å². The van der Waals surface area contributed by atoms with Gasteiger partial charge in [-0.05, 0) is 19.4 Å². The van der Waals surface area contributed by atoms with E-state index >= 15 is 0 Å². The second kappa shape index (κ2) is 9.52. The second-order valence-electron chi connectivity index (χ2n) is 3.10. The normalized spacial score (nSPS) is 10.0. The van der Waals surface area contributed by atoms with Gasteiger partial charge in [0.15, 0.2) is 0 Å². The van der Waals surface area contributed by atoms with Crippen LogP contribution in [0.2, 0.25) is 0 Å². The Morgan fingerprint density at radius 2 is 1.92 bits per heavy atom. The molecule has 0 saturated heterocycles. The third-order valence-electron chi connectivity index (χ3n) is 1.74. The van der Waals surface area contributed by atoms with Crippen LogP contribution in [-0.4, -0.2) is 25.7 Å². The molecule has 3 nitrogen and oxygen atoms in total. The maximum Gasteiger partial charge on any atom is 0.319 e. The van der Waals surface area contributed by atoms with Gasteiger partial charge in [0.1, 0.15) is 0 Å². The molecule has 0 aliphatic carbocycles. The number of hydrogen-bond acceptors (Lipinski definition) is 3. The lowest BCUT2D eigenvalue weighted by Crippen LogP contribution is -2.25. The quantitative estimate of drug-likeness (QED) is 0.464. The molecule has 0 radical (unpaired) electrons. The van der Waals surface area contributed by atoms with Gasteiger partial charge in [0.2, 0.25) is 0 Å². The van der Waals surface area contributed by atoms with Gasteiger partial charge in [-0.15, -0.1) is 0 Å². The van der Waals surface area contributed by atoms with Gasteiger partial charge in [-0.25, -0.2) is 0 Å². The molecule has 78 valence electrons. The molecule has 0 unspecified atom stereocenters. The molecule has 0 atom stereocenters. The molecule has 3 heteroatoms. The van der Waals surface area contributed by atoms with Crippen LogP contribution >= 0.6 is 0 Å². The van der Waals surface area contributed by atoms with Gasteiger partial charge in [-0.3, -0.25) is 4.79 Å². The van der Waals surface area contributed by atoms with E-state index in [1.54, 1.807) is 0 Å². The zero-order valence-corrected chi connectivity index (χ0v) is 8.77. The third-order valence-corrected chi connectivity index (χ3v) is 1.74. The molecule has 0 rings (SSSR count). The maximum atomic E-state index is 11.0. The summed E-state index contributed by atoms with van der Waals surface area (Å²) >= 11 is 0. The maximum absolute atomic E-state index is 11.0. The molecule has 0 aromatic heterocycles. The lowest BCUT2D eigenvalue weighted by molar-refractivity contribution is -0.142. The molecular weight excluding hydrogens is 166 g/mol. The average molecular weight is 187 g/mol. The Labute approximate surface area is 80.8 Å². The predicted octanol–water partition coefficient (Wildman–Crippen LogP) is 1.72. The summed E-state index contributed by atoms with van der Waals surface area (Å²) in [4.78, 5) is 11.0. The highest BCUT2D eigenvalue weighted by Crippen LogP contribution is 1.88. The standard InChI is InChI=1S/C10H21NO2/c1-3-5-7-11-9-10(12)13-8-6-4-2/h11H,3-9H2,1-2H3. The molecule has 0 amide bonds. The molecule has 0 fully saturated rings. The first-order chi connectivity index (χ1) is 6.31. The third kappa shape index (κ3) is 9.34. The van der Waals surface area contributed by atoms with E-state index in [1.165, 1.54) is 0 Å². The van der Waals surface area contributed by atoms with Crippen molar-refractivity contribution in [2.24, 2.45) is 0 Å². The van der Waals surface area contributed by atoms with Gasteiger partial charge in [-0.1, -0.05) is 26.7 Å². The van der Waals surface area contributed by atoms with Gasteiger partial charge in [-0.2, -0.15) is 0 Å². The first-order valence-corrected chi connectivity index (χ1v) is 5.17. The van der Waals surface area contributed by atoms with Crippen molar-refractivity contribution in [3.63, 3.8) is 0 Å². The summed E-state index contributed by atoms with van der Waals surface area (Å²) in [5.74, 6) is -0.135. The van der Waals surface area contributed by atoms with Crippen LogP contribution in [0.15, 0.2) is 0 Å². The molecular formula is C10H21NO2. The molecule has 13 heavy (non-hydrogen) atoms. The van der Waals surface area contributed by atoms with Crippen molar-refractivity contribution < 1.29 is 9.53 Å². The number of nitrogens with one attached hydrogen (secondary N) is 1. The minimum absolute atomic E-state index is 0.135. The predicted molar refractivity (Wildman–Crippen MR) is 53.6 cm³/mol. The SMILES string of the molecule is CCCCNCC(=O)OCCCC. The molecule has 0 aromatic carbocycles. The Bertz CT molecular complexity index is 126. The lowest BCUT2D eigenvalue weighted by Gasteiger charge is -2.04. The summed E-state index contributed by atoms with van der Waals surface area (Å²) in [5.41, 5.74) is 0. The van der Waals surface area contributed by atoms with E-state index in [-0.39, 0.29) is 5.97 Å². The average Bonchev–Trinajstić information content (AvgIpc) is 2.13. The van der Waals surface area contributed by atoms with Crippen LogP contribution in [0.3, 0.4) is 0 Å². The topological polar surface area (TPSA) is 38.3 Å². The highest BCUT2D eigenvalue weighted by atomic mass is 16.5. The number of hydrogen-bond donors (Lipinski definition) is 1. The molecule has 0 heterocycles. The van der Waals surface area contributed by atoms with E-state index in [4.69, 9.17) is 4.74 Å². The van der Waals surface area contributed by atoms with Crippen molar-refractivity contribution in [1.29, 1.82) is 0 Å². The number of carbonyl (C=O) groups excluding carboxylic acids is 1. The largest absolute Gasteiger partial charge is 0.465 e. The van der Waals surface area contributed by atoms with E-state index in [9.17, 15) is 4.79 Å². The zero-order chi connectivity index (χ0) is 9.94. The van der Waals surface area contributed by atoms with Gasteiger partial charge < -0.3 is 10.1 Å². The minimum Gasteiger partial charge on any atom is -0.465 e. The Morgan fingerprint density at radius 3 is 2.54 bits per heavy atom. The van der Waals surface area contributed by atoms with Gasteiger partial charge in [0.25, 0.3) is 0 Å². The molecule has 0 aliphatic rings. The first kappa shape index (κ1) is 12.4. The van der Waals surface area contributed by atoms with E-state index in [2.05, 4.69) is 19.2 Å². The van der Waals surface area contributed by atoms with Crippen LogP contribution in [0.5, 0.6) is 0 Å². The number of carbonyl (C=O) groups is 1. The zero-order valence-electron chi connectivity index (χ0n) is 8.77. The van der Waals surface area contributed by atoms with E-state index in [0.29, 0.717) is 13.2 Å². The smallest absolute Gasteiger partial charge is 0.319 e. The van der Waals surface area contributed by atoms with Crippen molar-refractivity contribution in [2.75, 3.05) is 19.7 Å². The highest BCUT2D eigenvalue weighted by molar-refractivity contribution is 5.71. The van der Waals surface area contributed by atoms with Gasteiger partial charge in [0, 0.05) is 0 Å². The van der Waals surface area contributed by atoms with Crippen LogP contribution < -0.4 is 5.32 Å². The van der Waals surface area contributed by atoms with E-state index in [1.807, 2.05) is 0 Å². The summed E-state index contributed by atoms with van der Waals surface area (Å²) < 4.78 is 4.96. The van der Waals surface area contributed by atoms with Crippen LogP contribution in [0.4, 0.5) is 0 Å². The Balaban J connectivity index is 3.11. The monoisotopic (exact) mass is 187 g/mol. The van der Waals surface area contributed by atoms with E-state index in [0.717, 1.165) is 32.2 Å². The first-order valence-electron chi connectivity index (χ1n) is 5.17. The fourth-order valence-corrected chi connectivity index (χ4v) is 0.874. The van der Waals surface area contributed by atoms with Crippen molar-refractivity contribution in [3.8, 4) is 0 Å². The summed E-state index contributed by atoms with van der Waals surface area (Å²) in [6.07, 6.45) is 4.29. The molecule has 0 spiro atoms. The number of ether oxygens (including phenoxy) is 1. The molecule has 0 saturated carbocycles. The van der Waals surface area contributed by atoms with Crippen molar-refractivity contribution in [2.45, 2.75) is 39.5 Å². The van der Waals surface area contributed by atoms with Crippen molar-refractivity contribution >= 4 is 5.97 Å². The minimum atomic E-state index is -0.135. The Hall–Kier alpha value is -0.570. The van der Waals surface area contributed by atoms with Crippen molar-refractivity contribution in [1.82, 2.24) is 5.32 Å². The number of unbranched alkanes of at least 4 members (excludes halogenated alkanes) is 2. The van der Waals surface area contributed by atoms with Gasteiger partial charge in [0.05, 0.1) is 13.2 Å². The summed E-state index contributed by atoms with van der Waals surface area (Å²) in [6, 6.07) is 0. The Kier molecular flexibility index (Phi) is 9.10. The molecule has 0 aliphatic heterocycles. The highest BCUT2D eigenvalue weighted by Gasteiger charge is 1.99. The number of rotatable bonds is 8. The summed E-state index contributed by atoms with van der Waals surface area (Å²) in [6.45, 7) is 6.02. The molecule has 0 aromatic rings. The Morgan fingerprint density at radius 1 is 1.23 bits per heavy atom. The summed E-state index contributed by atoms with van der Waals surface area (Å²) in [5, 5.41) is 3.04. The van der Waals surface area contributed by atoms with Crippen molar-refractivity contribution in [3.05, 3.63) is 0 Å². The lowest BCUT2D eigenvalue weighted by atomic mass is 10.3. The summed E-state index contributed by atoms with van der Waals surface area (Å²) in [7, 11) is 0. The van der Waals surface area contributed by atoms with Crippen LogP contribution in [0, 0.1) is 0 Å². The van der Waals surface area contributed by atoms with Crippen LogP contribution in [0.25, 0.3) is 0 Å². The molecule has 0 bridgehead atoms. The second-order valence-corrected chi connectivity index (χ2v) is 3.10. The fourth-order valence-electron chi connectivity index (χ4n) is 0.874. The van der Waals surface area contributed by atoms with Crippen LogP contribution in [0.1, 0.15) is 39.5 Å². The van der Waals surface area contributed by atoms with E-state index < -0.39 is 0 Å². The number of esters is 1.